The number of phenolic OH excluding ortho intramolecular Hbond substituents is 1. The second-order valence-electron chi connectivity index (χ2n) is 13.5. The molecule has 3 nitrogen and oxygen atoms in total. The average molecular weight is 776 g/mol. The van der Waals surface area contributed by atoms with Crippen LogP contribution in [0.1, 0.15) is 64.3 Å². The lowest BCUT2D eigenvalue weighted by atomic mass is 9.87. The standard InChI is InChI=1S/C22H22O3.C12H11Br.C12H11Cl.CH4/c1-22(2,3)18-10-11-20(19(23)14-18)25-21(24)13-15-8-9-16-6-4-5-7-17(16)12-15;2*1-2-9-7-8-10-5-3-4-6-11(10)12(9)13;/h4-12,14,23H,13H2,1-3H3;2*3-8H,2H2,1H3;1H4. The molecule has 0 atom stereocenters. The zero-order valence-corrected chi connectivity index (χ0v) is 32.2. The number of phenols is 1. The number of carbonyl (C=O) groups excluding carboxylic acids is 1. The number of carbonyl (C=O) groups is 1. The minimum atomic E-state index is -0.394. The Morgan fingerprint density at radius 3 is 1.83 bits per heavy atom. The third kappa shape index (κ3) is 10.0. The first-order valence-electron chi connectivity index (χ1n) is 17.3. The van der Waals surface area contributed by atoms with Crippen LogP contribution in [0.5, 0.6) is 11.5 Å². The summed E-state index contributed by atoms with van der Waals surface area (Å²) in [4.78, 5) is 12.2. The van der Waals surface area contributed by atoms with Crippen molar-refractivity contribution in [3.63, 3.8) is 0 Å². The molecule has 7 rings (SSSR count). The van der Waals surface area contributed by atoms with E-state index in [-0.39, 0.29) is 30.8 Å². The molecule has 1 N–H and O–H groups in total. The molecule has 0 aliphatic heterocycles. The number of aryl methyl sites for hydroxylation is 2. The van der Waals surface area contributed by atoms with E-state index < -0.39 is 5.97 Å². The number of benzene rings is 7. The van der Waals surface area contributed by atoms with Crippen LogP contribution >= 0.6 is 27.5 Å². The predicted molar refractivity (Wildman–Crippen MR) is 226 cm³/mol. The minimum absolute atomic E-state index is 0. The van der Waals surface area contributed by atoms with Crippen molar-refractivity contribution in [3.8, 4) is 11.5 Å². The van der Waals surface area contributed by atoms with Crippen molar-refractivity contribution in [3.05, 3.63) is 165 Å². The van der Waals surface area contributed by atoms with Gasteiger partial charge >= 0.3 is 5.97 Å². The van der Waals surface area contributed by atoms with Crippen LogP contribution in [0.15, 0.2) is 138 Å². The van der Waals surface area contributed by atoms with Gasteiger partial charge in [0, 0.05) is 9.86 Å². The van der Waals surface area contributed by atoms with Gasteiger partial charge in [0.1, 0.15) is 0 Å². The first-order valence-corrected chi connectivity index (χ1v) is 18.5. The van der Waals surface area contributed by atoms with Crippen molar-refractivity contribution in [1.29, 1.82) is 0 Å². The van der Waals surface area contributed by atoms with Gasteiger partial charge in [0.15, 0.2) is 11.5 Å². The van der Waals surface area contributed by atoms with E-state index in [0.717, 1.165) is 45.1 Å². The van der Waals surface area contributed by atoms with Crippen LogP contribution < -0.4 is 4.74 Å². The molecule has 7 aromatic rings. The van der Waals surface area contributed by atoms with Crippen molar-refractivity contribution in [2.45, 2.75) is 66.7 Å². The number of fused-ring (bicyclic) bond motifs is 3. The molecular weight excluding hydrogens is 728 g/mol. The zero-order valence-electron chi connectivity index (χ0n) is 29.8. The second kappa shape index (κ2) is 18.2. The number of rotatable bonds is 5. The van der Waals surface area contributed by atoms with Crippen molar-refractivity contribution in [1.82, 2.24) is 0 Å². The van der Waals surface area contributed by atoms with Gasteiger partial charge in [0.25, 0.3) is 0 Å². The molecule has 0 bridgehead atoms. The van der Waals surface area contributed by atoms with Crippen LogP contribution in [0, 0.1) is 0 Å². The molecule has 0 saturated heterocycles. The number of hydrogen-bond donors (Lipinski definition) is 1. The van der Waals surface area contributed by atoms with Gasteiger partial charge in [-0.25, -0.2) is 0 Å². The van der Waals surface area contributed by atoms with Gasteiger partial charge < -0.3 is 9.84 Å². The van der Waals surface area contributed by atoms with E-state index in [1.54, 1.807) is 12.1 Å². The first kappa shape index (κ1) is 40.1. The maximum Gasteiger partial charge on any atom is 0.315 e. The lowest BCUT2D eigenvalue weighted by Crippen LogP contribution is -2.13. The van der Waals surface area contributed by atoms with Gasteiger partial charge in [-0.05, 0) is 95.5 Å². The Morgan fingerprint density at radius 2 is 1.21 bits per heavy atom. The molecule has 268 valence electrons. The van der Waals surface area contributed by atoms with Crippen molar-refractivity contribution in [2.75, 3.05) is 0 Å². The highest BCUT2D eigenvalue weighted by Gasteiger charge is 2.17. The van der Waals surface area contributed by atoms with Gasteiger partial charge in [-0.3, -0.25) is 4.79 Å². The Balaban J connectivity index is 0.000000189. The number of hydrogen-bond acceptors (Lipinski definition) is 3. The summed E-state index contributed by atoms with van der Waals surface area (Å²) in [7, 11) is 0. The maximum absolute atomic E-state index is 12.2. The molecule has 52 heavy (non-hydrogen) atoms. The van der Waals surface area contributed by atoms with Crippen molar-refractivity contribution >= 4 is 65.8 Å². The summed E-state index contributed by atoms with van der Waals surface area (Å²) >= 11 is 9.88. The molecule has 0 spiro atoms. The highest BCUT2D eigenvalue weighted by molar-refractivity contribution is 9.10. The molecule has 0 aliphatic carbocycles. The summed E-state index contributed by atoms with van der Waals surface area (Å²) in [6, 6.07) is 44.3. The smallest absolute Gasteiger partial charge is 0.315 e. The van der Waals surface area contributed by atoms with Gasteiger partial charge in [-0.2, -0.15) is 0 Å². The summed E-state index contributed by atoms with van der Waals surface area (Å²) in [6.07, 6.45) is 2.22. The number of halogens is 2. The van der Waals surface area contributed by atoms with E-state index in [0.29, 0.717) is 0 Å². The fourth-order valence-corrected chi connectivity index (χ4v) is 6.99. The zero-order chi connectivity index (χ0) is 36.5. The van der Waals surface area contributed by atoms with Crippen LogP contribution in [0.25, 0.3) is 32.3 Å². The highest BCUT2D eigenvalue weighted by atomic mass is 79.9. The van der Waals surface area contributed by atoms with E-state index >= 15 is 0 Å². The lowest BCUT2D eigenvalue weighted by Gasteiger charge is -2.19. The molecule has 0 aliphatic rings. The Kier molecular flexibility index (Phi) is 14.1. The van der Waals surface area contributed by atoms with Crippen LogP contribution in [-0.4, -0.2) is 11.1 Å². The summed E-state index contributed by atoms with van der Waals surface area (Å²) in [5, 5.41) is 18.2. The van der Waals surface area contributed by atoms with E-state index in [1.807, 2.05) is 60.7 Å². The van der Waals surface area contributed by atoms with E-state index in [1.165, 1.54) is 31.8 Å². The Labute approximate surface area is 322 Å². The molecule has 0 amide bonds. The summed E-state index contributed by atoms with van der Waals surface area (Å²) in [6.45, 7) is 10.5. The maximum atomic E-state index is 12.2. The van der Waals surface area contributed by atoms with E-state index in [4.69, 9.17) is 16.3 Å². The van der Waals surface area contributed by atoms with Gasteiger partial charge in [-0.1, -0.05) is 175 Å². The fraction of sp³-hybridized carbons (Fsp3) is 0.213. The number of aromatic hydroxyl groups is 1. The summed E-state index contributed by atoms with van der Waals surface area (Å²) in [5.74, 6) is -0.216. The number of esters is 1. The Bertz CT molecular complexity index is 2200. The highest BCUT2D eigenvalue weighted by Crippen LogP contribution is 2.33. The first-order chi connectivity index (χ1) is 24.5. The van der Waals surface area contributed by atoms with Gasteiger partial charge in [0.2, 0.25) is 0 Å². The monoisotopic (exact) mass is 774 g/mol. The third-order valence-electron chi connectivity index (χ3n) is 8.86. The van der Waals surface area contributed by atoms with Crippen LogP contribution in [0.2, 0.25) is 5.02 Å². The van der Waals surface area contributed by atoms with Gasteiger partial charge in [0.05, 0.1) is 11.4 Å². The molecule has 0 heterocycles. The van der Waals surface area contributed by atoms with Crippen molar-refractivity contribution < 1.29 is 14.6 Å². The van der Waals surface area contributed by atoms with Crippen LogP contribution in [-0.2, 0) is 29.5 Å². The van der Waals surface area contributed by atoms with E-state index in [9.17, 15) is 9.90 Å². The van der Waals surface area contributed by atoms with Gasteiger partial charge in [-0.15, -0.1) is 0 Å². The largest absolute Gasteiger partial charge is 0.504 e. The quantitative estimate of drug-likeness (QED) is 0.140. The van der Waals surface area contributed by atoms with Crippen LogP contribution in [0.4, 0.5) is 0 Å². The molecule has 5 heteroatoms. The Morgan fingerprint density at radius 1 is 0.673 bits per heavy atom. The third-order valence-corrected chi connectivity index (χ3v) is 10.2. The summed E-state index contributed by atoms with van der Waals surface area (Å²) < 4.78 is 6.58. The minimum Gasteiger partial charge on any atom is -0.504 e. The van der Waals surface area contributed by atoms with E-state index in [2.05, 4.69) is 111 Å². The number of ether oxygens (including phenoxy) is 1. The van der Waals surface area contributed by atoms with Crippen LogP contribution in [0.3, 0.4) is 0 Å². The molecular formula is C47H48BrClO3. The molecule has 0 unspecified atom stereocenters. The molecule has 0 saturated carbocycles. The molecule has 0 aromatic heterocycles. The lowest BCUT2D eigenvalue weighted by molar-refractivity contribution is -0.133. The van der Waals surface area contributed by atoms with Crippen molar-refractivity contribution in [2.24, 2.45) is 0 Å². The Hall–Kier alpha value is -4.64. The average Bonchev–Trinajstić information content (AvgIpc) is 3.13. The molecule has 0 radical (unpaired) electrons. The summed E-state index contributed by atoms with van der Waals surface area (Å²) in [5.41, 5.74) is 4.39. The fourth-order valence-electron chi connectivity index (χ4n) is 5.85. The normalized spacial score (nSPS) is 10.8. The second-order valence-corrected chi connectivity index (χ2v) is 14.7. The topological polar surface area (TPSA) is 46.5 Å². The SMILES string of the molecule is C.CC(C)(C)c1ccc(OC(=O)Cc2ccc3ccccc3c2)c(O)c1.CCc1ccc2ccccc2c1Br.CCc1ccc2ccccc2c1Cl. The molecule has 0 fully saturated rings. The predicted octanol–water partition coefficient (Wildman–Crippen LogP) is 13.8. The molecule has 7 aromatic carbocycles.